The topological polar surface area (TPSA) is 76.1 Å². The summed E-state index contributed by atoms with van der Waals surface area (Å²) < 4.78 is 10.1. The standard InChI is InChI=1S/C15H20N2O3/c1-4-7-9-11(8-5-2)14-12(10-16)13(17-20-14)15(18)19-6-3/h7,9,11H,4-6,8H2,1-3H3/b9-7+/t11-/m0/s1. The summed E-state index contributed by atoms with van der Waals surface area (Å²) in [5, 5.41) is 13.0. The van der Waals surface area contributed by atoms with Gasteiger partial charge in [-0.1, -0.05) is 37.6 Å². The van der Waals surface area contributed by atoms with Gasteiger partial charge in [0.05, 0.1) is 6.61 Å². The fraction of sp³-hybridized carbons (Fsp3) is 0.533. The normalized spacial score (nSPS) is 12.3. The van der Waals surface area contributed by atoms with Crippen LogP contribution in [0.15, 0.2) is 16.7 Å². The molecule has 0 unspecified atom stereocenters. The third kappa shape index (κ3) is 3.70. The molecule has 0 aliphatic rings. The van der Waals surface area contributed by atoms with Gasteiger partial charge >= 0.3 is 5.97 Å². The first-order chi connectivity index (χ1) is 9.69. The molecule has 1 atom stereocenters. The number of carbonyl (C=O) groups is 1. The Balaban J connectivity index is 3.14. The van der Waals surface area contributed by atoms with E-state index < -0.39 is 5.97 Å². The van der Waals surface area contributed by atoms with E-state index in [1.165, 1.54) is 0 Å². The highest BCUT2D eigenvalue weighted by molar-refractivity contribution is 5.90. The van der Waals surface area contributed by atoms with Crippen LogP contribution in [0.2, 0.25) is 0 Å². The Bertz CT molecular complexity index is 512. The Kier molecular flexibility index (Phi) is 6.51. The Morgan fingerprint density at radius 1 is 1.50 bits per heavy atom. The largest absolute Gasteiger partial charge is 0.461 e. The molecule has 0 N–H and O–H groups in total. The van der Waals surface area contributed by atoms with Crippen molar-refractivity contribution in [2.24, 2.45) is 0 Å². The smallest absolute Gasteiger partial charge is 0.361 e. The van der Waals surface area contributed by atoms with Gasteiger partial charge in [0.25, 0.3) is 0 Å². The summed E-state index contributed by atoms with van der Waals surface area (Å²) in [7, 11) is 0. The maximum atomic E-state index is 11.7. The first kappa shape index (κ1) is 16.0. The molecule has 1 heterocycles. The molecule has 5 heteroatoms. The molecule has 0 spiro atoms. The highest BCUT2D eigenvalue weighted by Gasteiger charge is 2.26. The van der Waals surface area contributed by atoms with Crippen molar-refractivity contribution >= 4 is 5.97 Å². The zero-order chi connectivity index (χ0) is 15.0. The minimum Gasteiger partial charge on any atom is -0.461 e. The number of carbonyl (C=O) groups excluding carboxylic acids is 1. The summed E-state index contributed by atoms with van der Waals surface area (Å²) in [4.78, 5) is 11.7. The van der Waals surface area contributed by atoms with Crippen molar-refractivity contribution in [3.8, 4) is 6.07 Å². The van der Waals surface area contributed by atoms with Gasteiger partial charge in [0.2, 0.25) is 5.69 Å². The number of hydrogen-bond acceptors (Lipinski definition) is 5. The van der Waals surface area contributed by atoms with Crippen molar-refractivity contribution in [1.29, 1.82) is 5.26 Å². The highest BCUT2D eigenvalue weighted by atomic mass is 16.5. The number of rotatable bonds is 7. The zero-order valence-electron chi connectivity index (χ0n) is 12.2. The molecule has 0 radical (unpaired) electrons. The number of esters is 1. The van der Waals surface area contributed by atoms with Crippen molar-refractivity contribution in [2.75, 3.05) is 6.61 Å². The summed E-state index contributed by atoms with van der Waals surface area (Å²) >= 11 is 0. The zero-order valence-corrected chi connectivity index (χ0v) is 12.2. The number of ether oxygens (including phenoxy) is 1. The van der Waals surface area contributed by atoms with Crippen molar-refractivity contribution in [3.05, 3.63) is 29.2 Å². The SMILES string of the molecule is CC/C=C/[C@H](CCC)c1onc(C(=O)OCC)c1C#N. The van der Waals surface area contributed by atoms with Crippen LogP contribution < -0.4 is 0 Å². The summed E-state index contributed by atoms with van der Waals surface area (Å²) in [5.41, 5.74) is 0.151. The van der Waals surface area contributed by atoms with Crippen molar-refractivity contribution < 1.29 is 14.1 Å². The van der Waals surface area contributed by atoms with Crippen LogP contribution in [0.5, 0.6) is 0 Å². The van der Waals surface area contributed by atoms with E-state index >= 15 is 0 Å². The molecule has 20 heavy (non-hydrogen) atoms. The predicted octanol–water partition coefficient (Wildman–Crippen LogP) is 3.57. The van der Waals surface area contributed by atoms with E-state index in [1.54, 1.807) is 6.92 Å². The molecule has 0 bridgehead atoms. The third-order valence-electron chi connectivity index (χ3n) is 2.84. The van der Waals surface area contributed by atoms with Crippen LogP contribution in [0, 0.1) is 11.3 Å². The molecule has 0 aliphatic carbocycles. The minimum absolute atomic E-state index is 0.0321. The first-order valence-corrected chi connectivity index (χ1v) is 6.92. The number of aromatic nitrogens is 1. The number of nitriles is 1. The molecule has 0 aliphatic heterocycles. The minimum atomic E-state index is -0.617. The van der Waals surface area contributed by atoms with Gasteiger partial charge in [0.15, 0.2) is 5.76 Å². The fourth-order valence-corrected chi connectivity index (χ4v) is 1.93. The van der Waals surface area contributed by atoms with Crippen LogP contribution in [-0.2, 0) is 4.74 Å². The van der Waals surface area contributed by atoms with Gasteiger partial charge in [-0.3, -0.25) is 0 Å². The van der Waals surface area contributed by atoms with E-state index in [9.17, 15) is 10.1 Å². The monoisotopic (exact) mass is 276 g/mol. The van der Waals surface area contributed by atoms with Gasteiger partial charge < -0.3 is 9.26 Å². The molecule has 0 aromatic carbocycles. The molecule has 0 fully saturated rings. The number of nitrogens with zero attached hydrogens (tertiary/aromatic N) is 2. The van der Waals surface area contributed by atoms with Crippen LogP contribution in [-0.4, -0.2) is 17.7 Å². The van der Waals surface area contributed by atoms with Crippen LogP contribution in [0.25, 0.3) is 0 Å². The lowest BCUT2D eigenvalue weighted by Gasteiger charge is -2.07. The fourth-order valence-electron chi connectivity index (χ4n) is 1.93. The van der Waals surface area contributed by atoms with Gasteiger partial charge in [-0.2, -0.15) is 5.26 Å². The Hall–Kier alpha value is -2.09. The van der Waals surface area contributed by atoms with E-state index in [-0.39, 0.29) is 23.8 Å². The average Bonchev–Trinajstić information content (AvgIpc) is 2.87. The molecule has 0 amide bonds. The maximum absolute atomic E-state index is 11.7. The van der Waals surface area contributed by atoms with Gasteiger partial charge in [0, 0.05) is 5.92 Å². The molecule has 1 aromatic heterocycles. The average molecular weight is 276 g/mol. The van der Waals surface area contributed by atoms with Crippen LogP contribution in [0.4, 0.5) is 0 Å². The van der Waals surface area contributed by atoms with E-state index in [0.717, 1.165) is 19.3 Å². The highest BCUT2D eigenvalue weighted by Crippen LogP contribution is 2.28. The summed E-state index contributed by atoms with van der Waals surface area (Å²) in [6, 6.07) is 2.01. The molecule has 0 saturated carbocycles. The molecule has 1 aromatic rings. The molecule has 0 saturated heterocycles. The lowest BCUT2D eigenvalue weighted by Crippen LogP contribution is -2.07. The predicted molar refractivity (Wildman–Crippen MR) is 74.3 cm³/mol. The maximum Gasteiger partial charge on any atom is 0.361 e. The Morgan fingerprint density at radius 3 is 2.80 bits per heavy atom. The second-order valence-corrected chi connectivity index (χ2v) is 4.33. The van der Waals surface area contributed by atoms with Gasteiger partial charge in [0.1, 0.15) is 11.6 Å². The van der Waals surface area contributed by atoms with E-state index in [2.05, 4.69) is 12.1 Å². The van der Waals surface area contributed by atoms with Crippen LogP contribution >= 0.6 is 0 Å². The summed E-state index contributed by atoms with van der Waals surface area (Å²) in [6.07, 6.45) is 6.70. The van der Waals surface area contributed by atoms with E-state index in [4.69, 9.17) is 9.26 Å². The van der Waals surface area contributed by atoms with Crippen molar-refractivity contribution in [1.82, 2.24) is 5.16 Å². The van der Waals surface area contributed by atoms with Gasteiger partial charge in [-0.25, -0.2) is 4.79 Å². The molecular formula is C15H20N2O3. The summed E-state index contributed by atoms with van der Waals surface area (Å²) in [5.74, 6) is -0.207. The number of hydrogen-bond donors (Lipinski definition) is 0. The van der Waals surface area contributed by atoms with Crippen molar-refractivity contribution in [2.45, 2.75) is 46.0 Å². The van der Waals surface area contributed by atoms with Crippen LogP contribution in [0.3, 0.4) is 0 Å². The Morgan fingerprint density at radius 2 is 2.25 bits per heavy atom. The molecule has 1 rings (SSSR count). The van der Waals surface area contributed by atoms with Gasteiger partial charge in [-0.15, -0.1) is 0 Å². The lowest BCUT2D eigenvalue weighted by molar-refractivity contribution is 0.0514. The second-order valence-electron chi connectivity index (χ2n) is 4.33. The van der Waals surface area contributed by atoms with Crippen molar-refractivity contribution in [3.63, 3.8) is 0 Å². The van der Waals surface area contributed by atoms with E-state index in [0.29, 0.717) is 5.76 Å². The first-order valence-electron chi connectivity index (χ1n) is 6.92. The number of allylic oxidation sites excluding steroid dienone is 2. The van der Waals surface area contributed by atoms with Crippen LogP contribution in [0.1, 0.15) is 67.8 Å². The Labute approximate surface area is 119 Å². The second kappa shape index (κ2) is 8.16. The lowest BCUT2D eigenvalue weighted by atomic mass is 9.96. The third-order valence-corrected chi connectivity index (χ3v) is 2.84. The molecule has 5 nitrogen and oxygen atoms in total. The quantitative estimate of drug-likeness (QED) is 0.562. The van der Waals surface area contributed by atoms with E-state index in [1.807, 2.05) is 25.1 Å². The van der Waals surface area contributed by atoms with Gasteiger partial charge in [-0.05, 0) is 19.8 Å². The summed E-state index contributed by atoms with van der Waals surface area (Å²) in [6.45, 7) is 6.03. The molecular weight excluding hydrogens is 256 g/mol. The molecule has 108 valence electrons.